The molecule has 1 saturated carbocycles. The van der Waals surface area contributed by atoms with Gasteiger partial charge in [-0.05, 0) is 87.2 Å². The lowest BCUT2D eigenvalue weighted by Gasteiger charge is -2.17. The Morgan fingerprint density at radius 1 is 1.05 bits per heavy atom. The lowest BCUT2D eigenvalue weighted by atomic mass is 9.94. The molecule has 6 rings (SSSR count). The van der Waals surface area contributed by atoms with Gasteiger partial charge in [0.1, 0.15) is 24.3 Å². The van der Waals surface area contributed by atoms with Crippen LogP contribution in [0.2, 0.25) is 0 Å². The Labute approximate surface area is 224 Å². The smallest absolute Gasteiger partial charge is 0.491 e. The van der Waals surface area contributed by atoms with E-state index in [9.17, 15) is 13.6 Å². The maximum atomic E-state index is 13.4. The van der Waals surface area contributed by atoms with Crippen LogP contribution >= 0.6 is 0 Å². The lowest BCUT2D eigenvalue weighted by molar-refractivity contribution is -0.286. The van der Waals surface area contributed by atoms with E-state index >= 15 is 0 Å². The predicted octanol–water partition coefficient (Wildman–Crippen LogP) is 5.58. The molecular formula is C29H28F2N2O6. The van der Waals surface area contributed by atoms with Crippen molar-refractivity contribution in [2.24, 2.45) is 0 Å². The first-order valence-corrected chi connectivity index (χ1v) is 12.8. The number of ether oxygens (including phenoxy) is 5. The van der Waals surface area contributed by atoms with Crippen LogP contribution in [-0.2, 0) is 19.7 Å². The molecule has 10 heteroatoms. The van der Waals surface area contributed by atoms with Gasteiger partial charge in [-0.15, -0.1) is 8.78 Å². The van der Waals surface area contributed by atoms with Gasteiger partial charge in [0.25, 0.3) is 0 Å². The molecule has 204 valence electrons. The van der Waals surface area contributed by atoms with Crippen LogP contribution in [0.1, 0.15) is 37.8 Å². The Kier molecular flexibility index (Phi) is 6.00. The minimum absolute atomic E-state index is 0.0499. The first-order chi connectivity index (χ1) is 18.5. The summed E-state index contributed by atoms with van der Waals surface area (Å²) in [4.78, 5) is 18.0. The zero-order valence-corrected chi connectivity index (χ0v) is 21.8. The van der Waals surface area contributed by atoms with Crippen LogP contribution in [0, 0.1) is 6.92 Å². The number of nitrogens with one attached hydrogen (secondary N) is 1. The van der Waals surface area contributed by atoms with Crippen molar-refractivity contribution in [3.63, 3.8) is 0 Å². The molecule has 1 amide bonds. The van der Waals surface area contributed by atoms with Crippen molar-refractivity contribution in [2.75, 3.05) is 18.5 Å². The number of halogens is 2. The van der Waals surface area contributed by atoms with Gasteiger partial charge in [0.15, 0.2) is 17.3 Å². The van der Waals surface area contributed by atoms with Gasteiger partial charge in [0, 0.05) is 5.56 Å². The number of carbonyl (C=O) groups excluding carboxylic acids is 1. The van der Waals surface area contributed by atoms with Crippen LogP contribution in [0.4, 0.5) is 14.6 Å². The van der Waals surface area contributed by atoms with Crippen molar-refractivity contribution in [1.82, 2.24) is 4.98 Å². The zero-order valence-electron chi connectivity index (χ0n) is 21.8. The summed E-state index contributed by atoms with van der Waals surface area (Å²) >= 11 is 0. The largest absolute Gasteiger partial charge is 0.586 e. The normalized spacial score (nSPS) is 21.4. The maximum absolute atomic E-state index is 13.4. The summed E-state index contributed by atoms with van der Waals surface area (Å²) in [7, 11) is 0. The Bertz CT molecular complexity index is 1420. The molecule has 1 N–H and O–H groups in total. The molecule has 0 bridgehead atoms. The molecule has 0 radical (unpaired) electrons. The van der Waals surface area contributed by atoms with Crippen LogP contribution < -0.4 is 19.5 Å². The highest BCUT2D eigenvalue weighted by Crippen LogP contribution is 2.52. The molecule has 3 heterocycles. The minimum Gasteiger partial charge on any atom is -0.491 e. The number of nitrogens with zero attached hydrogens (tertiary/aromatic N) is 1. The van der Waals surface area contributed by atoms with Crippen molar-refractivity contribution in [1.29, 1.82) is 0 Å². The topological polar surface area (TPSA) is 88.1 Å². The fraction of sp³-hybridized carbons (Fsp3) is 0.379. The van der Waals surface area contributed by atoms with Gasteiger partial charge in [-0.1, -0.05) is 12.1 Å². The average Bonchev–Trinajstić information content (AvgIpc) is 3.54. The van der Waals surface area contributed by atoms with Gasteiger partial charge in [0.2, 0.25) is 5.91 Å². The second-order valence-corrected chi connectivity index (χ2v) is 10.5. The van der Waals surface area contributed by atoms with Crippen molar-refractivity contribution in [3.05, 3.63) is 65.7 Å². The molecule has 0 spiro atoms. The highest BCUT2D eigenvalue weighted by atomic mass is 19.3. The monoisotopic (exact) mass is 538 g/mol. The van der Waals surface area contributed by atoms with E-state index in [1.165, 1.54) is 12.1 Å². The molecule has 2 aliphatic heterocycles. The van der Waals surface area contributed by atoms with E-state index in [0.29, 0.717) is 43.2 Å². The fourth-order valence-corrected chi connectivity index (χ4v) is 4.89. The van der Waals surface area contributed by atoms with E-state index < -0.39 is 17.5 Å². The summed E-state index contributed by atoms with van der Waals surface area (Å²) in [5.41, 5.74) is 2.31. The zero-order chi connectivity index (χ0) is 27.4. The third-order valence-corrected chi connectivity index (χ3v) is 7.11. The van der Waals surface area contributed by atoms with Crippen LogP contribution in [0.25, 0.3) is 11.3 Å². The summed E-state index contributed by atoms with van der Waals surface area (Å²) in [5.74, 6) is 0.133. The van der Waals surface area contributed by atoms with Gasteiger partial charge >= 0.3 is 6.29 Å². The fourth-order valence-electron chi connectivity index (χ4n) is 4.89. The van der Waals surface area contributed by atoms with E-state index in [4.69, 9.17) is 19.2 Å². The van der Waals surface area contributed by atoms with Gasteiger partial charge in [-0.3, -0.25) is 4.79 Å². The van der Waals surface area contributed by atoms with Crippen molar-refractivity contribution in [3.8, 4) is 28.5 Å². The van der Waals surface area contributed by atoms with Crippen LogP contribution in [0.5, 0.6) is 17.2 Å². The summed E-state index contributed by atoms with van der Waals surface area (Å²) in [5, 5.41) is 2.91. The minimum atomic E-state index is -3.71. The summed E-state index contributed by atoms with van der Waals surface area (Å²) in [6.45, 7) is 6.56. The molecule has 1 atom stereocenters. The molecule has 3 aromatic rings. The number of fused-ring (bicyclic) bond motifs is 1. The molecule has 2 fully saturated rings. The van der Waals surface area contributed by atoms with E-state index in [0.717, 1.165) is 16.8 Å². The van der Waals surface area contributed by atoms with Crippen molar-refractivity contribution < 1.29 is 37.3 Å². The Morgan fingerprint density at radius 2 is 1.79 bits per heavy atom. The second kappa shape index (κ2) is 9.17. The number of alkyl halides is 2. The third kappa shape index (κ3) is 5.14. The molecule has 0 unspecified atom stereocenters. The van der Waals surface area contributed by atoms with Gasteiger partial charge in [-0.25, -0.2) is 4.98 Å². The molecule has 39 heavy (non-hydrogen) atoms. The number of carbonyl (C=O) groups is 1. The van der Waals surface area contributed by atoms with Crippen LogP contribution in [0.3, 0.4) is 0 Å². The molecule has 2 aromatic carbocycles. The number of rotatable bonds is 7. The molecule has 8 nitrogen and oxygen atoms in total. The quantitative estimate of drug-likeness (QED) is 0.420. The second-order valence-electron chi connectivity index (χ2n) is 10.5. The van der Waals surface area contributed by atoms with E-state index in [-0.39, 0.29) is 23.5 Å². The van der Waals surface area contributed by atoms with Crippen molar-refractivity contribution >= 4 is 11.7 Å². The Balaban J connectivity index is 1.14. The molecule has 1 saturated heterocycles. The summed E-state index contributed by atoms with van der Waals surface area (Å²) in [6.07, 6.45) is -2.66. The first-order valence-electron chi connectivity index (χ1n) is 12.8. The molecule has 1 aromatic heterocycles. The van der Waals surface area contributed by atoms with Gasteiger partial charge in [-0.2, -0.15) is 0 Å². The number of aromatic nitrogens is 1. The van der Waals surface area contributed by atoms with Gasteiger partial charge in [0.05, 0.1) is 17.7 Å². The highest BCUT2D eigenvalue weighted by Gasteiger charge is 2.53. The number of hydrogen-bond donors (Lipinski definition) is 1. The van der Waals surface area contributed by atoms with E-state index in [1.807, 2.05) is 51.1 Å². The Morgan fingerprint density at radius 3 is 2.49 bits per heavy atom. The number of hydrogen-bond acceptors (Lipinski definition) is 7. The summed E-state index contributed by atoms with van der Waals surface area (Å²) < 4.78 is 53.1. The van der Waals surface area contributed by atoms with E-state index in [1.54, 1.807) is 12.1 Å². The predicted molar refractivity (Wildman–Crippen MR) is 137 cm³/mol. The summed E-state index contributed by atoms with van der Waals surface area (Å²) in [6, 6.07) is 15.7. The lowest BCUT2D eigenvalue weighted by Crippen LogP contribution is -2.28. The number of benzene rings is 2. The number of pyridine rings is 1. The third-order valence-electron chi connectivity index (χ3n) is 7.11. The number of amides is 1. The number of aryl methyl sites for hydroxylation is 1. The standard InChI is InChI=1S/C29H28F2N2O6/c1-17-4-11-24(32-25(17)18-5-8-20(9-6-18)35-15-21-16-36-27(2,3)37-21)33-26(34)28(12-13-28)19-7-10-22-23(14-19)39-29(30,31)38-22/h4-11,14,21H,12-13,15-16H2,1-3H3,(H,32,33,34)/t21-/m1/s1. The van der Waals surface area contributed by atoms with Gasteiger partial charge < -0.3 is 29.0 Å². The maximum Gasteiger partial charge on any atom is 0.586 e. The average molecular weight is 539 g/mol. The van der Waals surface area contributed by atoms with Crippen molar-refractivity contribution in [2.45, 2.75) is 57.2 Å². The van der Waals surface area contributed by atoms with Crippen LogP contribution in [0.15, 0.2) is 54.6 Å². The van der Waals surface area contributed by atoms with E-state index in [2.05, 4.69) is 14.8 Å². The van der Waals surface area contributed by atoms with Crippen LogP contribution in [-0.4, -0.2) is 42.3 Å². The first kappa shape index (κ1) is 25.5. The SMILES string of the molecule is Cc1ccc(NC(=O)C2(c3ccc4c(c3)OC(F)(F)O4)CC2)nc1-c1ccc(OC[C@@H]2COC(C)(C)O2)cc1. The molecular weight excluding hydrogens is 510 g/mol. The molecule has 1 aliphatic carbocycles. The Hall–Kier alpha value is -3.76. The highest BCUT2D eigenvalue weighted by molar-refractivity contribution is 6.01. The molecule has 3 aliphatic rings. The number of anilines is 1.